The van der Waals surface area contributed by atoms with Gasteiger partial charge < -0.3 is 14.8 Å². The van der Waals surface area contributed by atoms with Gasteiger partial charge in [0.25, 0.3) is 0 Å². The van der Waals surface area contributed by atoms with Gasteiger partial charge in [-0.05, 0) is 41.2 Å². The molecule has 2 N–H and O–H groups in total. The minimum atomic E-state index is -0.813. The summed E-state index contributed by atoms with van der Waals surface area (Å²) in [7, 11) is 3.13. The van der Waals surface area contributed by atoms with Crippen molar-refractivity contribution in [3.63, 3.8) is 0 Å². The molecule has 2 amide bonds. The Hall–Kier alpha value is -3.35. The van der Waals surface area contributed by atoms with E-state index in [-0.39, 0.29) is 0 Å². The fourth-order valence-corrected chi connectivity index (χ4v) is 2.62. The molecule has 0 bridgehead atoms. The Bertz CT molecular complexity index is 861. The molecule has 0 radical (unpaired) electrons. The van der Waals surface area contributed by atoms with Crippen LogP contribution >= 0.6 is 0 Å². The van der Waals surface area contributed by atoms with Gasteiger partial charge in [-0.25, -0.2) is 5.43 Å². The van der Waals surface area contributed by atoms with Crippen molar-refractivity contribution in [2.24, 2.45) is 5.10 Å². The number of amides is 2. The summed E-state index contributed by atoms with van der Waals surface area (Å²) in [4.78, 5) is 23.7. The first kappa shape index (κ1) is 21.9. The second-order valence-electron chi connectivity index (χ2n) is 6.72. The van der Waals surface area contributed by atoms with Crippen molar-refractivity contribution < 1.29 is 19.1 Å². The van der Waals surface area contributed by atoms with Gasteiger partial charge in [0.2, 0.25) is 0 Å². The molecule has 0 saturated carbocycles. The number of carbonyl (C=O) groups excluding carboxylic acids is 2. The van der Waals surface area contributed by atoms with Crippen LogP contribution in [0.1, 0.15) is 36.5 Å². The van der Waals surface area contributed by atoms with Crippen molar-refractivity contribution in [3.8, 4) is 11.5 Å². The van der Waals surface area contributed by atoms with Gasteiger partial charge in [0, 0.05) is 6.54 Å². The van der Waals surface area contributed by atoms with E-state index in [1.54, 1.807) is 20.3 Å². The highest BCUT2D eigenvalue weighted by molar-refractivity contribution is 6.35. The van der Waals surface area contributed by atoms with Crippen molar-refractivity contribution in [2.45, 2.75) is 26.2 Å². The van der Waals surface area contributed by atoms with Crippen molar-refractivity contribution >= 4 is 18.0 Å². The molecule has 0 aliphatic heterocycles. The quantitative estimate of drug-likeness (QED) is 0.407. The number of hydrogen-bond acceptors (Lipinski definition) is 5. The lowest BCUT2D eigenvalue weighted by molar-refractivity contribution is -0.139. The van der Waals surface area contributed by atoms with Gasteiger partial charge in [0.1, 0.15) is 0 Å². The molecule has 7 heteroatoms. The molecule has 0 fully saturated rings. The van der Waals surface area contributed by atoms with Gasteiger partial charge >= 0.3 is 11.8 Å². The minimum Gasteiger partial charge on any atom is -0.493 e. The molecule has 2 aromatic rings. The van der Waals surface area contributed by atoms with Crippen LogP contribution in [-0.2, 0) is 16.0 Å². The highest BCUT2D eigenvalue weighted by atomic mass is 16.5. The normalized spacial score (nSPS) is 10.8. The molecule has 2 rings (SSSR count). The van der Waals surface area contributed by atoms with Gasteiger partial charge in [-0.15, -0.1) is 0 Å². The molecule has 0 heterocycles. The van der Waals surface area contributed by atoms with E-state index in [4.69, 9.17) is 9.47 Å². The summed E-state index contributed by atoms with van der Waals surface area (Å²) in [5, 5.41) is 6.40. The molecule has 29 heavy (non-hydrogen) atoms. The highest BCUT2D eigenvalue weighted by Crippen LogP contribution is 2.27. The van der Waals surface area contributed by atoms with Crippen LogP contribution in [0.5, 0.6) is 11.5 Å². The number of hydrazone groups is 1. The SMILES string of the molecule is COc1ccc(CCNC(=O)C(=O)N/N=C\c2ccc(C(C)C)cc2)cc1OC. The second kappa shape index (κ2) is 10.8. The second-order valence-corrected chi connectivity index (χ2v) is 6.72. The van der Waals surface area contributed by atoms with E-state index in [9.17, 15) is 9.59 Å². The smallest absolute Gasteiger partial charge is 0.329 e. The third kappa shape index (κ3) is 6.64. The number of rotatable bonds is 8. The van der Waals surface area contributed by atoms with Crippen LogP contribution in [0.15, 0.2) is 47.6 Å². The van der Waals surface area contributed by atoms with E-state index in [1.807, 2.05) is 36.4 Å². The number of ether oxygens (including phenoxy) is 2. The molecule has 0 spiro atoms. The number of nitrogens with one attached hydrogen (secondary N) is 2. The highest BCUT2D eigenvalue weighted by Gasteiger charge is 2.12. The lowest BCUT2D eigenvalue weighted by atomic mass is 10.0. The van der Waals surface area contributed by atoms with Crippen LogP contribution in [0.2, 0.25) is 0 Å². The van der Waals surface area contributed by atoms with Gasteiger partial charge in [-0.1, -0.05) is 44.2 Å². The Labute approximate surface area is 171 Å². The van der Waals surface area contributed by atoms with E-state index in [1.165, 1.54) is 11.8 Å². The predicted molar refractivity (Wildman–Crippen MR) is 113 cm³/mol. The Morgan fingerprint density at radius 1 is 1.00 bits per heavy atom. The molecular formula is C22H27N3O4. The van der Waals surface area contributed by atoms with Crippen LogP contribution < -0.4 is 20.2 Å². The van der Waals surface area contributed by atoms with E-state index < -0.39 is 11.8 Å². The first-order valence-corrected chi connectivity index (χ1v) is 9.36. The van der Waals surface area contributed by atoms with Crippen molar-refractivity contribution in [3.05, 3.63) is 59.2 Å². The van der Waals surface area contributed by atoms with Crippen molar-refractivity contribution in [1.29, 1.82) is 0 Å². The molecular weight excluding hydrogens is 370 g/mol. The summed E-state index contributed by atoms with van der Waals surface area (Å²) in [5.74, 6) is 0.148. The number of nitrogens with zero attached hydrogens (tertiary/aromatic N) is 1. The molecule has 7 nitrogen and oxygen atoms in total. The van der Waals surface area contributed by atoms with Crippen molar-refractivity contribution in [1.82, 2.24) is 10.7 Å². The fraction of sp³-hybridized carbons (Fsp3) is 0.318. The molecule has 0 atom stereocenters. The molecule has 0 aliphatic rings. The lowest BCUT2D eigenvalue weighted by Crippen LogP contribution is -2.38. The fourth-order valence-electron chi connectivity index (χ4n) is 2.62. The van der Waals surface area contributed by atoms with Crippen LogP contribution in [-0.4, -0.2) is 38.8 Å². The summed E-state index contributed by atoms with van der Waals surface area (Å²) in [6.45, 7) is 4.54. The van der Waals surface area contributed by atoms with E-state index in [0.29, 0.717) is 30.4 Å². The Morgan fingerprint density at radius 2 is 1.69 bits per heavy atom. The van der Waals surface area contributed by atoms with Crippen LogP contribution in [0.4, 0.5) is 0 Å². The topological polar surface area (TPSA) is 89.0 Å². The zero-order valence-corrected chi connectivity index (χ0v) is 17.2. The van der Waals surface area contributed by atoms with E-state index in [0.717, 1.165) is 11.1 Å². The first-order chi connectivity index (χ1) is 13.9. The van der Waals surface area contributed by atoms with Gasteiger partial charge in [0.05, 0.1) is 20.4 Å². The Balaban J connectivity index is 1.78. The number of hydrogen-bond donors (Lipinski definition) is 2. The monoisotopic (exact) mass is 397 g/mol. The van der Waals surface area contributed by atoms with E-state index in [2.05, 4.69) is 29.7 Å². The van der Waals surface area contributed by atoms with Crippen LogP contribution in [0, 0.1) is 0 Å². The maximum atomic E-state index is 11.9. The van der Waals surface area contributed by atoms with E-state index >= 15 is 0 Å². The van der Waals surface area contributed by atoms with Crippen molar-refractivity contribution in [2.75, 3.05) is 20.8 Å². The maximum Gasteiger partial charge on any atom is 0.329 e. The van der Waals surface area contributed by atoms with Gasteiger partial charge in [-0.3, -0.25) is 9.59 Å². The molecule has 0 aliphatic carbocycles. The average Bonchev–Trinajstić information content (AvgIpc) is 2.73. The largest absolute Gasteiger partial charge is 0.493 e. The zero-order valence-electron chi connectivity index (χ0n) is 17.2. The minimum absolute atomic E-state index is 0.308. The number of methoxy groups -OCH3 is 2. The molecule has 2 aromatic carbocycles. The Kier molecular flexibility index (Phi) is 8.21. The van der Waals surface area contributed by atoms with Crippen LogP contribution in [0.3, 0.4) is 0 Å². The number of carbonyl (C=O) groups is 2. The maximum absolute atomic E-state index is 11.9. The lowest BCUT2D eigenvalue weighted by Gasteiger charge is -2.10. The summed E-state index contributed by atoms with van der Waals surface area (Å²) < 4.78 is 10.4. The van der Waals surface area contributed by atoms with Crippen LogP contribution in [0.25, 0.3) is 0 Å². The summed E-state index contributed by atoms with van der Waals surface area (Å²) in [6.07, 6.45) is 2.05. The predicted octanol–water partition coefficient (Wildman–Crippen LogP) is 2.64. The molecule has 154 valence electrons. The standard InChI is InChI=1S/C22H27N3O4/c1-15(2)18-8-5-17(6-9-18)14-24-25-22(27)21(26)23-12-11-16-7-10-19(28-3)20(13-16)29-4/h5-10,13-15H,11-12H2,1-4H3,(H,23,26)(H,25,27)/b24-14-. The summed E-state index contributed by atoms with van der Waals surface area (Å²) >= 11 is 0. The Morgan fingerprint density at radius 3 is 2.31 bits per heavy atom. The molecule has 0 aromatic heterocycles. The average molecular weight is 397 g/mol. The zero-order chi connectivity index (χ0) is 21.2. The summed E-state index contributed by atoms with van der Waals surface area (Å²) in [6, 6.07) is 13.3. The third-order valence-electron chi connectivity index (χ3n) is 4.34. The number of benzene rings is 2. The summed E-state index contributed by atoms with van der Waals surface area (Å²) in [5.41, 5.74) is 5.24. The molecule has 0 unspecified atom stereocenters. The first-order valence-electron chi connectivity index (χ1n) is 9.36. The van der Waals surface area contributed by atoms with Gasteiger partial charge in [-0.2, -0.15) is 5.10 Å². The third-order valence-corrected chi connectivity index (χ3v) is 4.34. The van der Waals surface area contributed by atoms with Gasteiger partial charge in [0.15, 0.2) is 11.5 Å². The molecule has 0 saturated heterocycles.